The van der Waals surface area contributed by atoms with Crippen molar-refractivity contribution in [2.75, 3.05) is 13.1 Å². The van der Waals surface area contributed by atoms with Crippen LogP contribution >= 0.6 is 11.3 Å². The minimum absolute atomic E-state index is 0.00448. The maximum Gasteiger partial charge on any atom is 0.263 e. The molecule has 2 aromatic heterocycles. The third-order valence-electron chi connectivity index (χ3n) is 5.22. The standard InChI is InChI=1S/C19H23N3O2S/c1-12(7-15-3-2-6-25-15)21-18(23)16-4-5-17-14-8-13(9-20-10-14)11-22(17)19(16)24/h2-6,12-14,20H,7-11H2,1H3,(H,21,23)/t12-,13+,14-/m1/s1. The van der Waals surface area contributed by atoms with Gasteiger partial charge in [-0.3, -0.25) is 9.59 Å². The molecule has 6 heteroatoms. The molecule has 4 heterocycles. The number of fused-ring (bicyclic) bond motifs is 4. The summed E-state index contributed by atoms with van der Waals surface area (Å²) in [7, 11) is 0. The lowest BCUT2D eigenvalue weighted by atomic mass is 9.84. The molecule has 2 bridgehead atoms. The number of nitrogens with one attached hydrogen (secondary N) is 2. The van der Waals surface area contributed by atoms with Gasteiger partial charge in [-0.2, -0.15) is 0 Å². The number of piperidine rings is 1. The van der Waals surface area contributed by atoms with Crippen LogP contribution in [0.1, 0.15) is 40.2 Å². The SMILES string of the molecule is C[C@H](Cc1cccs1)NC(=O)c1ccc2n(c1=O)C[C@@H]1CNC[C@H]2C1. The van der Waals surface area contributed by atoms with Gasteiger partial charge in [0, 0.05) is 42.0 Å². The number of carbonyl (C=O) groups excluding carboxylic acids is 1. The Morgan fingerprint density at radius 3 is 3.08 bits per heavy atom. The average molecular weight is 357 g/mol. The maximum absolute atomic E-state index is 12.9. The summed E-state index contributed by atoms with van der Waals surface area (Å²) in [6, 6.07) is 7.74. The molecule has 1 saturated heterocycles. The van der Waals surface area contributed by atoms with Gasteiger partial charge in [0.1, 0.15) is 5.56 Å². The van der Waals surface area contributed by atoms with E-state index < -0.39 is 0 Å². The van der Waals surface area contributed by atoms with Gasteiger partial charge in [0.15, 0.2) is 0 Å². The minimum atomic E-state index is -0.266. The number of thiophene rings is 1. The topological polar surface area (TPSA) is 63.1 Å². The molecular weight excluding hydrogens is 334 g/mol. The number of carbonyl (C=O) groups is 1. The highest BCUT2D eigenvalue weighted by Crippen LogP contribution is 2.31. The van der Waals surface area contributed by atoms with Crippen molar-refractivity contribution >= 4 is 17.2 Å². The molecule has 0 spiro atoms. The maximum atomic E-state index is 12.9. The molecule has 2 N–H and O–H groups in total. The van der Waals surface area contributed by atoms with Crippen molar-refractivity contribution in [1.82, 2.24) is 15.2 Å². The molecule has 0 aromatic carbocycles. The van der Waals surface area contributed by atoms with Crippen molar-refractivity contribution in [1.29, 1.82) is 0 Å². The van der Waals surface area contributed by atoms with Crippen LogP contribution in [-0.4, -0.2) is 29.6 Å². The summed E-state index contributed by atoms with van der Waals surface area (Å²) in [6.45, 7) is 4.56. The van der Waals surface area contributed by atoms with Gasteiger partial charge < -0.3 is 15.2 Å². The van der Waals surface area contributed by atoms with Gasteiger partial charge in [-0.25, -0.2) is 0 Å². The van der Waals surface area contributed by atoms with E-state index in [1.807, 2.05) is 29.0 Å². The fourth-order valence-electron chi connectivity index (χ4n) is 4.05. The molecule has 1 fully saturated rings. The van der Waals surface area contributed by atoms with Gasteiger partial charge in [0.05, 0.1) is 0 Å². The molecular formula is C19H23N3O2S. The monoisotopic (exact) mass is 357 g/mol. The minimum Gasteiger partial charge on any atom is -0.349 e. The Labute approximate surface area is 151 Å². The zero-order chi connectivity index (χ0) is 17.4. The fourth-order valence-corrected chi connectivity index (χ4v) is 4.88. The lowest BCUT2D eigenvalue weighted by Gasteiger charge is -2.37. The molecule has 25 heavy (non-hydrogen) atoms. The summed E-state index contributed by atoms with van der Waals surface area (Å²) >= 11 is 1.68. The number of hydrogen-bond donors (Lipinski definition) is 2. The van der Waals surface area contributed by atoms with Gasteiger partial charge in [0.25, 0.3) is 11.5 Å². The Hall–Kier alpha value is -1.92. The van der Waals surface area contributed by atoms with Crippen molar-refractivity contribution in [3.8, 4) is 0 Å². The summed E-state index contributed by atoms with van der Waals surface area (Å²) in [5, 5.41) is 8.45. The second-order valence-electron chi connectivity index (χ2n) is 7.20. The normalized spacial score (nSPS) is 22.9. The fraction of sp³-hybridized carbons (Fsp3) is 0.474. The van der Waals surface area contributed by atoms with E-state index in [-0.39, 0.29) is 23.1 Å². The lowest BCUT2D eigenvalue weighted by molar-refractivity contribution is 0.0937. The van der Waals surface area contributed by atoms with Crippen LogP contribution in [0.3, 0.4) is 0 Å². The highest BCUT2D eigenvalue weighted by atomic mass is 32.1. The van der Waals surface area contributed by atoms with Gasteiger partial charge in [-0.05, 0) is 49.4 Å². The average Bonchev–Trinajstić information content (AvgIpc) is 3.09. The largest absolute Gasteiger partial charge is 0.349 e. The molecule has 2 aliphatic heterocycles. The predicted octanol–water partition coefficient (Wildman–Crippen LogP) is 1.98. The van der Waals surface area contributed by atoms with E-state index in [1.54, 1.807) is 17.4 Å². The summed E-state index contributed by atoms with van der Waals surface area (Å²) < 4.78 is 1.83. The van der Waals surface area contributed by atoms with Crippen molar-refractivity contribution < 1.29 is 4.79 Å². The van der Waals surface area contributed by atoms with E-state index in [1.165, 1.54) is 4.88 Å². The first kappa shape index (κ1) is 16.5. The van der Waals surface area contributed by atoms with E-state index in [4.69, 9.17) is 0 Å². The first-order valence-corrected chi connectivity index (χ1v) is 9.77. The molecule has 0 radical (unpaired) electrons. The molecule has 0 aliphatic carbocycles. The number of amides is 1. The Balaban J connectivity index is 1.53. The Bertz CT molecular complexity index is 828. The van der Waals surface area contributed by atoms with E-state index in [0.29, 0.717) is 18.4 Å². The third-order valence-corrected chi connectivity index (χ3v) is 6.12. The van der Waals surface area contributed by atoms with Crippen LogP contribution < -0.4 is 16.2 Å². The van der Waals surface area contributed by atoms with Crippen LogP contribution in [0.2, 0.25) is 0 Å². The van der Waals surface area contributed by atoms with Crippen LogP contribution in [-0.2, 0) is 13.0 Å². The highest BCUT2D eigenvalue weighted by Gasteiger charge is 2.31. The molecule has 2 aliphatic rings. The van der Waals surface area contributed by atoms with Crippen molar-refractivity contribution in [3.63, 3.8) is 0 Å². The van der Waals surface area contributed by atoms with E-state index >= 15 is 0 Å². The second-order valence-corrected chi connectivity index (χ2v) is 8.23. The molecule has 2 aromatic rings. The third kappa shape index (κ3) is 3.28. The molecule has 3 atom stereocenters. The molecule has 4 rings (SSSR count). The molecule has 5 nitrogen and oxygen atoms in total. The highest BCUT2D eigenvalue weighted by molar-refractivity contribution is 7.09. The smallest absolute Gasteiger partial charge is 0.263 e. The van der Waals surface area contributed by atoms with Gasteiger partial charge in [0.2, 0.25) is 0 Å². The quantitative estimate of drug-likeness (QED) is 0.879. The number of aromatic nitrogens is 1. The number of pyridine rings is 1. The zero-order valence-corrected chi connectivity index (χ0v) is 15.1. The van der Waals surface area contributed by atoms with Crippen LogP contribution in [0.5, 0.6) is 0 Å². The van der Waals surface area contributed by atoms with Crippen molar-refractivity contribution in [2.24, 2.45) is 5.92 Å². The Morgan fingerprint density at radius 2 is 2.28 bits per heavy atom. The van der Waals surface area contributed by atoms with Gasteiger partial charge >= 0.3 is 0 Å². The second kappa shape index (κ2) is 6.77. The summed E-state index contributed by atoms with van der Waals surface area (Å²) in [4.78, 5) is 26.7. The van der Waals surface area contributed by atoms with E-state index in [2.05, 4.69) is 16.7 Å². The van der Waals surface area contributed by atoms with Gasteiger partial charge in [-0.1, -0.05) is 6.07 Å². The van der Waals surface area contributed by atoms with Crippen LogP contribution in [0, 0.1) is 5.92 Å². The Morgan fingerprint density at radius 1 is 1.40 bits per heavy atom. The molecule has 0 unspecified atom stereocenters. The first-order chi connectivity index (χ1) is 12.1. The van der Waals surface area contributed by atoms with Crippen LogP contribution in [0.25, 0.3) is 0 Å². The lowest BCUT2D eigenvalue weighted by Crippen LogP contribution is -2.46. The summed E-state index contributed by atoms with van der Waals surface area (Å²) in [5.41, 5.74) is 1.18. The zero-order valence-electron chi connectivity index (χ0n) is 14.3. The van der Waals surface area contributed by atoms with E-state index in [9.17, 15) is 9.59 Å². The molecule has 1 amide bonds. The Kier molecular flexibility index (Phi) is 4.48. The van der Waals surface area contributed by atoms with E-state index in [0.717, 1.165) is 31.6 Å². The summed E-state index contributed by atoms with van der Waals surface area (Å²) in [5.74, 6) is 0.605. The molecule has 132 valence electrons. The van der Waals surface area contributed by atoms with Gasteiger partial charge in [-0.15, -0.1) is 11.3 Å². The number of nitrogens with zero attached hydrogens (tertiary/aromatic N) is 1. The van der Waals surface area contributed by atoms with Crippen molar-refractivity contribution in [2.45, 2.75) is 38.3 Å². The predicted molar refractivity (Wildman–Crippen MR) is 99.4 cm³/mol. The summed E-state index contributed by atoms with van der Waals surface area (Å²) in [6.07, 6.45) is 1.92. The van der Waals surface area contributed by atoms with Crippen LogP contribution in [0.4, 0.5) is 0 Å². The number of hydrogen-bond acceptors (Lipinski definition) is 4. The number of rotatable bonds is 4. The molecule has 0 saturated carbocycles. The van der Waals surface area contributed by atoms with Crippen molar-refractivity contribution in [3.05, 3.63) is 56.1 Å². The first-order valence-electron chi connectivity index (χ1n) is 8.89. The van der Waals surface area contributed by atoms with Crippen LogP contribution in [0.15, 0.2) is 34.4 Å².